The van der Waals surface area contributed by atoms with E-state index in [1.54, 1.807) is 0 Å². The first kappa shape index (κ1) is 12.7. The van der Waals surface area contributed by atoms with Gasteiger partial charge in [0, 0.05) is 0 Å². The minimum atomic E-state index is 0.474. The van der Waals surface area contributed by atoms with Crippen molar-refractivity contribution in [3.05, 3.63) is 70.1 Å². The van der Waals surface area contributed by atoms with Gasteiger partial charge in [-0.15, -0.1) is 0 Å². The zero-order valence-electron chi connectivity index (χ0n) is 9.67. The van der Waals surface area contributed by atoms with Gasteiger partial charge in [-0.1, -0.05) is 0 Å². The predicted octanol–water partition coefficient (Wildman–Crippen LogP) is 1.91. The van der Waals surface area contributed by atoms with E-state index in [0.29, 0.717) is 29.9 Å². The summed E-state index contributed by atoms with van der Waals surface area (Å²) in [6, 6.07) is 21.5. The van der Waals surface area contributed by atoms with Gasteiger partial charge in [-0.3, -0.25) is 0 Å². The standard InChI is InChI=1S/C15H14Se2/c1-13(17-15-10-6-3-7-11-15)12-16-14-8-4-2-5-9-14/h2-12H,1H3/b13-12-. The molecule has 2 aromatic rings. The van der Waals surface area contributed by atoms with Crippen LogP contribution >= 0.6 is 0 Å². The van der Waals surface area contributed by atoms with Gasteiger partial charge in [0.15, 0.2) is 0 Å². The zero-order valence-corrected chi connectivity index (χ0v) is 13.1. The van der Waals surface area contributed by atoms with E-state index in [2.05, 4.69) is 72.6 Å². The van der Waals surface area contributed by atoms with Crippen molar-refractivity contribution in [2.45, 2.75) is 6.92 Å². The Balaban J connectivity index is 1.94. The molecule has 0 aliphatic heterocycles. The van der Waals surface area contributed by atoms with Crippen LogP contribution in [0.1, 0.15) is 6.92 Å². The van der Waals surface area contributed by atoms with Crippen LogP contribution in [0.4, 0.5) is 0 Å². The second kappa shape index (κ2) is 6.83. The van der Waals surface area contributed by atoms with Gasteiger partial charge in [-0.2, -0.15) is 0 Å². The Kier molecular flexibility index (Phi) is 5.09. The molecule has 0 atom stereocenters. The molecule has 0 radical (unpaired) electrons. The van der Waals surface area contributed by atoms with E-state index in [-0.39, 0.29) is 0 Å². The fraction of sp³-hybridized carbons (Fsp3) is 0.0667. The average Bonchev–Trinajstić information content (AvgIpc) is 2.39. The summed E-state index contributed by atoms with van der Waals surface area (Å²) < 4.78 is 4.42. The van der Waals surface area contributed by atoms with Crippen LogP contribution in [0.3, 0.4) is 0 Å². The normalized spacial score (nSPS) is 11.5. The van der Waals surface area contributed by atoms with Crippen molar-refractivity contribution < 1.29 is 0 Å². The molecule has 0 unspecified atom stereocenters. The summed E-state index contributed by atoms with van der Waals surface area (Å²) in [6.07, 6.45) is 0. The molecule has 0 amide bonds. The number of hydrogen-bond donors (Lipinski definition) is 0. The van der Waals surface area contributed by atoms with E-state index in [4.69, 9.17) is 0 Å². The first-order valence-corrected chi connectivity index (χ1v) is 9.02. The summed E-state index contributed by atoms with van der Waals surface area (Å²) in [5.41, 5.74) is 0. The van der Waals surface area contributed by atoms with E-state index in [0.717, 1.165) is 0 Å². The molecule has 2 rings (SSSR count). The molecule has 0 nitrogen and oxygen atoms in total. The molecule has 0 N–H and O–H groups in total. The molecule has 0 heterocycles. The maximum absolute atomic E-state index is 2.41. The van der Waals surface area contributed by atoms with Crippen LogP contribution in [-0.2, 0) is 0 Å². The monoisotopic (exact) mass is 354 g/mol. The summed E-state index contributed by atoms with van der Waals surface area (Å²) in [5, 5.41) is 0. The van der Waals surface area contributed by atoms with Gasteiger partial charge in [-0.25, -0.2) is 0 Å². The molecule has 2 aromatic carbocycles. The van der Waals surface area contributed by atoms with Crippen LogP contribution in [0.15, 0.2) is 70.1 Å². The average molecular weight is 352 g/mol. The Morgan fingerprint density at radius 2 is 1.35 bits per heavy atom. The number of allylic oxidation sites excluding steroid dienone is 1. The van der Waals surface area contributed by atoms with E-state index in [1.807, 2.05) is 0 Å². The van der Waals surface area contributed by atoms with Gasteiger partial charge in [0.05, 0.1) is 0 Å². The summed E-state index contributed by atoms with van der Waals surface area (Å²) in [4.78, 5) is 2.41. The minimum absolute atomic E-state index is 0.474. The van der Waals surface area contributed by atoms with Crippen molar-refractivity contribution in [3.8, 4) is 0 Å². The van der Waals surface area contributed by atoms with E-state index in [1.165, 1.54) is 13.4 Å². The summed E-state index contributed by atoms with van der Waals surface area (Å²) in [7, 11) is 0. The van der Waals surface area contributed by atoms with Gasteiger partial charge in [0.1, 0.15) is 0 Å². The van der Waals surface area contributed by atoms with Gasteiger partial charge in [0.25, 0.3) is 0 Å². The van der Waals surface area contributed by atoms with Crippen LogP contribution in [0.2, 0.25) is 0 Å². The third kappa shape index (κ3) is 4.53. The molecular formula is C15H14Se2. The van der Waals surface area contributed by atoms with Gasteiger partial charge in [-0.05, 0) is 0 Å². The molecule has 86 valence electrons. The van der Waals surface area contributed by atoms with E-state index in [9.17, 15) is 0 Å². The van der Waals surface area contributed by atoms with Crippen LogP contribution in [-0.4, -0.2) is 29.9 Å². The van der Waals surface area contributed by atoms with Gasteiger partial charge >= 0.3 is 116 Å². The summed E-state index contributed by atoms with van der Waals surface area (Å²) in [5.74, 6) is 0. The van der Waals surface area contributed by atoms with Crippen LogP contribution < -0.4 is 8.92 Å². The third-order valence-electron chi connectivity index (χ3n) is 2.13. The summed E-state index contributed by atoms with van der Waals surface area (Å²) >= 11 is 0.958. The first-order chi connectivity index (χ1) is 8.34. The second-order valence-electron chi connectivity index (χ2n) is 3.57. The quantitative estimate of drug-likeness (QED) is 0.738. The maximum atomic E-state index is 2.41. The second-order valence-corrected chi connectivity index (χ2v) is 8.32. The Hall–Kier alpha value is -0.781. The number of rotatable bonds is 4. The number of hydrogen-bond acceptors (Lipinski definition) is 0. The van der Waals surface area contributed by atoms with Crippen molar-refractivity contribution in [1.82, 2.24) is 0 Å². The Bertz CT molecular complexity index is 475. The molecule has 0 saturated heterocycles. The Morgan fingerprint density at radius 1 is 0.824 bits per heavy atom. The van der Waals surface area contributed by atoms with Crippen LogP contribution in [0, 0.1) is 0 Å². The summed E-state index contributed by atoms with van der Waals surface area (Å²) in [6.45, 7) is 2.25. The Labute approximate surface area is 115 Å². The molecule has 0 bridgehead atoms. The molecule has 0 aliphatic carbocycles. The molecule has 17 heavy (non-hydrogen) atoms. The van der Waals surface area contributed by atoms with Crippen molar-refractivity contribution in [2.24, 2.45) is 0 Å². The molecule has 0 aliphatic rings. The first-order valence-electron chi connectivity index (χ1n) is 5.46. The number of benzene rings is 2. The Morgan fingerprint density at radius 3 is 1.94 bits per heavy atom. The van der Waals surface area contributed by atoms with Crippen molar-refractivity contribution in [3.63, 3.8) is 0 Å². The van der Waals surface area contributed by atoms with Crippen LogP contribution in [0.25, 0.3) is 0 Å². The molecular weight excluding hydrogens is 338 g/mol. The fourth-order valence-electron chi connectivity index (χ4n) is 1.35. The predicted molar refractivity (Wildman–Crippen MR) is 77.4 cm³/mol. The molecule has 2 heteroatoms. The van der Waals surface area contributed by atoms with Crippen molar-refractivity contribution in [1.29, 1.82) is 0 Å². The SMILES string of the molecule is C/C(=C/[Se]c1ccccc1)[Se]c1ccccc1. The van der Waals surface area contributed by atoms with E-state index >= 15 is 0 Å². The molecule has 0 fully saturated rings. The van der Waals surface area contributed by atoms with Crippen LogP contribution in [0.5, 0.6) is 0 Å². The topological polar surface area (TPSA) is 0 Å². The van der Waals surface area contributed by atoms with Gasteiger partial charge in [0.2, 0.25) is 0 Å². The zero-order chi connectivity index (χ0) is 11.9. The van der Waals surface area contributed by atoms with Crippen molar-refractivity contribution in [2.75, 3.05) is 0 Å². The molecule has 0 saturated carbocycles. The molecule has 0 aromatic heterocycles. The third-order valence-corrected chi connectivity index (χ3v) is 7.00. The van der Waals surface area contributed by atoms with Crippen molar-refractivity contribution >= 4 is 38.8 Å². The van der Waals surface area contributed by atoms with E-state index < -0.39 is 0 Å². The van der Waals surface area contributed by atoms with Gasteiger partial charge < -0.3 is 0 Å². The fourth-order valence-corrected chi connectivity index (χ4v) is 5.19. The molecule has 0 spiro atoms.